The molecule has 0 aromatic heterocycles. The van der Waals surface area contributed by atoms with Crippen molar-refractivity contribution in [2.24, 2.45) is 0 Å². The van der Waals surface area contributed by atoms with E-state index in [9.17, 15) is 0 Å². The third-order valence-corrected chi connectivity index (χ3v) is 4.18. The molecule has 0 amide bonds. The molecule has 1 spiro atoms. The van der Waals surface area contributed by atoms with E-state index in [-0.39, 0.29) is 0 Å². The van der Waals surface area contributed by atoms with Gasteiger partial charge >= 0.3 is 0 Å². The zero-order valence-electron chi connectivity index (χ0n) is 9.47. The smallest absolute Gasteiger partial charge is 0.00805 e. The minimum atomic E-state index is 0.500. The van der Waals surface area contributed by atoms with Crippen LogP contribution in [-0.4, -0.2) is 13.1 Å². The molecule has 1 heterocycles. The van der Waals surface area contributed by atoms with Crippen LogP contribution in [0.2, 0.25) is 0 Å². The van der Waals surface area contributed by atoms with Crippen molar-refractivity contribution in [1.29, 1.82) is 0 Å². The first-order valence-electron chi connectivity index (χ1n) is 6.11. The normalized spacial score (nSPS) is 23.0. The van der Waals surface area contributed by atoms with Crippen molar-refractivity contribution in [3.63, 3.8) is 0 Å². The molecule has 2 aliphatic rings. The topological polar surface area (TPSA) is 12.0 Å². The quantitative estimate of drug-likeness (QED) is 0.680. The predicted octanol–water partition coefficient (Wildman–Crippen LogP) is 2.56. The van der Waals surface area contributed by atoms with Gasteiger partial charge in [0, 0.05) is 12.0 Å². The Kier molecular flexibility index (Phi) is 2.10. The van der Waals surface area contributed by atoms with Crippen LogP contribution in [0.3, 0.4) is 0 Å². The number of nitrogens with one attached hydrogen (secondary N) is 1. The molecule has 1 aromatic carbocycles. The summed E-state index contributed by atoms with van der Waals surface area (Å²) in [6.07, 6.45) is 5.39. The molecule has 1 N–H and O–H groups in total. The summed E-state index contributed by atoms with van der Waals surface area (Å²) in [5.41, 5.74) is 5.15. The largest absolute Gasteiger partial charge is 0.316 e. The monoisotopic (exact) mass is 201 g/mol. The second-order valence-electron chi connectivity index (χ2n) is 5.22. The van der Waals surface area contributed by atoms with Gasteiger partial charge in [0.2, 0.25) is 0 Å². The second-order valence-corrected chi connectivity index (χ2v) is 5.22. The maximum absolute atomic E-state index is 3.61. The zero-order chi connectivity index (χ0) is 10.3. The highest BCUT2D eigenvalue weighted by molar-refractivity contribution is 5.40. The number of rotatable bonds is 0. The van der Waals surface area contributed by atoms with Crippen molar-refractivity contribution in [3.8, 4) is 0 Å². The summed E-state index contributed by atoms with van der Waals surface area (Å²) in [4.78, 5) is 0. The maximum atomic E-state index is 3.61. The van der Waals surface area contributed by atoms with Crippen molar-refractivity contribution < 1.29 is 0 Å². The van der Waals surface area contributed by atoms with Gasteiger partial charge in [-0.05, 0) is 43.9 Å². The van der Waals surface area contributed by atoms with Crippen molar-refractivity contribution in [2.45, 2.75) is 38.0 Å². The number of hydrogen-bond acceptors (Lipinski definition) is 1. The van der Waals surface area contributed by atoms with Gasteiger partial charge in [0.1, 0.15) is 0 Å². The van der Waals surface area contributed by atoms with Gasteiger partial charge in [-0.25, -0.2) is 0 Å². The standard InChI is InChI=1S/C14H19N/c1-11-3-4-13-12(9-11)5-8-15-10-14(13)6-2-7-14/h3-4,9,15H,2,5-8,10H2,1H3. The second kappa shape index (κ2) is 3.34. The Labute approximate surface area is 91.9 Å². The summed E-state index contributed by atoms with van der Waals surface area (Å²) in [5, 5.41) is 3.61. The van der Waals surface area contributed by atoms with Gasteiger partial charge in [-0.3, -0.25) is 0 Å². The summed E-state index contributed by atoms with van der Waals surface area (Å²) >= 11 is 0. The van der Waals surface area contributed by atoms with Crippen LogP contribution in [0.1, 0.15) is 36.0 Å². The van der Waals surface area contributed by atoms with E-state index in [4.69, 9.17) is 0 Å². The van der Waals surface area contributed by atoms with E-state index < -0.39 is 0 Å². The molecule has 0 radical (unpaired) electrons. The van der Waals surface area contributed by atoms with Gasteiger partial charge in [-0.2, -0.15) is 0 Å². The lowest BCUT2D eigenvalue weighted by Crippen LogP contribution is -2.42. The Balaban J connectivity index is 2.09. The molecule has 3 rings (SSSR count). The Morgan fingerprint density at radius 2 is 2.13 bits per heavy atom. The molecule has 15 heavy (non-hydrogen) atoms. The Bertz CT molecular complexity index is 377. The van der Waals surface area contributed by atoms with Crippen LogP contribution in [0.5, 0.6) is 0 Å². The average molecular weight is 201 g/mol. The van der Waals surface area contributed by atoms with E-state index in [2.05, 4.69) is 30.4 Å². The third kappa shape index (κ3) is 1.41. The summed E-state index contributed by atoms with van der Waals surface area (Å²) in [5.74, 6) is 0. The van der Waals surface area contributed by atoms with E-state index in [1.807, 2.05) is 0 Å². The maximum Gasteiger partial charge on any atom is 0.00805 e. The molecule has 1 aliphatic carbocycles. The fraction of sp³-hybridized carbons (Fsp3) is 0.571. The van der Waals surface area contributed by atoms with E-state index in [1.54, 1.807) is 11.1 Å². The summed E-state index contributed by atoms with van der Waals surface area (Å²) in [6, 6.07) is 7.06. The lowest BCUT2D eigenvalue weighted by Gasteiger charge is -2.42. The van der Waals surface area contributed by atoms with Crippen LogP contribution in [0, 0.1) is 6.92 Å². The average Bonchev–Trinajstić information content (AvgIpc) is 2.35. The van der Waals surface area contributed by atoms with Gasteiger partial charge in [0.25, 0.3) is 0 Å². The highest BCUT2D eigenvalue weighted by atomic mass is 14.9. The Morgan fingerprint density at radius 3 is 2.87 bits per heavy atom. The van der Waals surface area contributed by atoms with Crippen molar-refractivity contribution in [3.05, 3.63) is 34.9 Å². The van der Waals surface area contributed by atoms with Gasteiger partial charge in [0.05, 0.1) is 0 Å². The summed E-state index contributed by atoms with van der Waals surface area (Å²) < 4.78 is 0. The molecule has 1 saturated carbocycles. The Morgan fingerprint density at radius 1 is 1.27 bits per heavy atom. The molecular formula is C14H19N. The van der Waals surface area contributed by atoms with Crippen LogP contribution in [0.15, 0.2) is 18.2 Å². The van der Waals surface area contributed by atoms with Gasteiger partial charge in [-0.1, -0.05) is 30.2 Å². The SMILES string of the molecule is Cc1ccc2c(c1)CCNCC21CCC1. The molecule has 1 aromatic rings. The number of benzene rings is 1. The molecule has 1 aliphatic heterocycles. The van der Waals surface area contributed by atoms with Gasteiger partial charge in [-0.15, -0.1) is 0 Å². The zero-order valence-corrected chi connectivity index (χ0v) is 9.47. The molecule has 80 valence electrons. The van der Waals surface area contributed by atoms with E-state index >= 15 is 0 Å². The van der Waals surface area contributed by atoms with E-state index in [0.29, 0.717) is 5.41 Å². The Hall–Kier alpha value is -0.820. The third-order valence-electron chi connectivity index (χ3n) is 4.18. The van der Waals surface area contributed by atoms with Gasteiger partial charge in [0.15, 0.2) is 0 Å². The van der Waals surface area contributed by atoms with Crippen LogP contribution in [0.25, 0.3) is 0 Å². The molecule has 0 atom stereocenters. The lowest BCUT2D eigenvalue weighted by atomic mass is 9.63. The first-order chi connectivity index (χ1) is 7.30. The molecule has 1 nitrogen and oxygen atoms in total. The van der Waals surface area contributed by atoms with Crippen molar-refractivity contribution in [2.75, 3.05) is 13.1 Å². The number of hydrogen-bond donors (Lipinski definition) is 1. The highest BCUT2D eigenvalue weighted by Crippen LogP contribution is 2.45. The van der Waals surface area contributed by atoms with E-state index in [1.165, 1.54) is 37.8 Å². The minimum absolute atomic E-state index is 0.500. The summed E-state index contributed by atoms with van der Waals surface area (Å²) in [6.45, 7) is 4.55. The summed E-state index contributed by atoms with van der Waals surface area (Å²) in [7, 11) is 0. The molecular weight excluding hydrogens is 182 g/mol. The molecule has 0 unspecified atom stereocenters. The number of fused-ring (bicyclic) bond motifs is 2. The van der Waals surface area contributed by atoms with E-state index in [0.717, 1.165) is 6.54 Å². The molecule has 1 fully saturated rings. The fourth-order valence-corrected chi connectivity index (χ4v) is 3.14. The fourth-order valence-electron chi connectivity index (χ4n) is 3.14. The first kappa shape index (κ1) is 9.41. The molecule has 1 heteroatoms. The minimum Gasteiger partial charge on any atom is -0.316 e. The van der Waals surface area contributed by atoms with Crippen LogP contribution in [-0.2, 0) is 11.8 Å². The predicted molar refractivity (Wildman–Crippen MR) is 63.3 cm³/mol. The van der Waals surface area contributed by atoms with Crippen LogP contribution in [0.4, 0.5) is 0 Å². The van der Waals surface area contributed by atoms with Crippen molar-refractivity contribution in [1.82, 2.24) is 5.32 Å². The molecule has 0 bridgehead atoms. The number of aryl methyl sites for hydroxylation is 1. The molecule has 0 saturated heterocycles. The van der Waals surface area contributed by atoms with Crippen molar-refractivity contribution >= 4 is 0 Å². The van der Waals surface area contributed by atoms with Gasteiger partial charge < -0.3 is 5.32 Å². The highest BCUT2D eigenvalue weighted by Gasteiger charge is 2.40. The first-order valence-corrected chi connectivity index (χ1v) is 6.11. The van der Waals surface area contributed by atoms with Crippen LogP contribution < -0.4 is 5.32 Å². The van der Waals surface area contributed by atoms with Crippen LogP contribution >= 0.6 is 0 Å². The lowest BCUT2D eigenvalue weighted by molar-refractivity contribution is 0.239.